The molecule has 0 fully saturated rings. The Morgan fingerprint density at radius 1 is 1.32 bits per heavy atom. The van der Waals surface area contributed by atoms with E-state index in [4.69, 9.17) is 11.6 Å². The number of nitrogens with zero attached hydrogens (tertiary/aromatic N) is 2. The predicted molar refractivity (Wildman–Crippen MR) is 74.0 cm³/mol. The Morgan fingerprint density at radius 3 is 2.89 bits per heavy atom. The first-order valence-corrected chi connectivity index (χ1v) is 7.81. The molecule has 0 aliphatic rings. The van der Waals surface area contributed by atoms with E-state index >= 15 is 0 Å². The van der Waals surface area contributed by atoms with Crippen molar-refractivity contribution < 1.29 is 8.42 Å². The maximum atomic E-state index is 12.1. The Labute approximate surface area is 117 Å². The Balaban J connectivity index is 2.01. The molecule has 2 N–H and O–H groups in total. The third-order valence-electron chi connectivity index (χ3n) is 2.38. The van der Waals surface area contributed by atoms with Crippen LogP contribution in [-0.2, 0) is 10.0 Å². The van der Waals surface area contributed by atoms with E-state index < -0.39 is 10.0 Å². The molecule has 3 heterocycles. The van der Waals surface area contributed by atoms with E-state index in [0.717, 1.165) is 11.3 Å². The summed E-state index contributed by atoms with van der Waals surface area (Å²) in [6.45, 7) is 0. The van der Waals surface area contributed by atoms with Crippen molar-refractivity contribution in [2.24, 2.45) is 0 Å². The van der Waals surface area contributed by atoms with Gasteiger partial charge >= 0.3 is 0 Å². The average Bonchev–Trinajstić information content (AvgIpc) is 2.97. The largest absolute Gasteiger partial charge is 0.272 e. The standard InChI is InChI=1S/C10H7ClN4O2S2/c11-7-3-4-8(18-7)19(16,17)15-10-6-2-1-5-12-9(6)13-14-10/h1-5H,(H2,12,13,14,15). The summed E-state index contributed by atoms with van der Waals surface area (Å²) in [4.78, 5) is 4.04. The fourth-order valence-corrected chi connectivity index (χ4v) is 4.06. The quantitative estimate of drug-likeness (QED) is 0.777. The second-order valence-corrected chi connectivity index (χ2v) is 7.26. The summed E-state index contributed by atoms with van der Waals surface area (Å²) in [5.74, 6) is 0.215. The molecule has 0 atom stereocenters. The van der Waals surface area contributed by atoms with Gasteiger partial charge in [-0.05, 0) is 24.3 Å². The molecular weight excluding hydrogens is 308 g/mol. The lowest BCUT2D eigenvalue weighted by atomic mass is 10.3. The molecule has 0 aliphatic carbocycles. The summed E-state index contributed by atoms with van der Waals surface area (Å²) in [6, 6.07) is 6.41. The number of sulfonamides is 1. The van der Waals surface area contributed by atoms with Crippen LogP contribution in [-0.4, -0.2) is 23.6 Å². The maximum absolute atomic E-state index is 12.1. The van der Waals surface area contributed by atoms with Gasteiger partial charge in [-0.2, -0.15) is 5.10 Å². The molecule has 19 heavy (non-hydrogen) atoms. The highest BCUT2D eigenvalue weighted by Crippen LogP contribution is 2.28. The summed E-state index contributed by atoms with van der Waals surface area (Å²) in [7, 11) is -3.68. The number of H-pyrrole nitrogens is 1. The molecule has 0 saturated carbocycles. The van der Waals surface area contributed by atoms with Gasteiger partial charge in [0.1, 0.15) is 4.21 Å². The molecule has 3 aromatic rings. The Hall–Kier alpha value is -1.64. The molecule has 3 aromatic heterocycles. The summed E-state index contributed by atoms with van der Waals surface area (Å²) in [6.07, 6.45) is 1.60. The first-order chi connectivity index (χ1) is 9.06. The van der Waals surface area contributed by atoms with Crippen LogP contribution in [0.15, 0.2) is 34.7 Å². The monoisotopic (exact) mass is 314 g/mol. The van der Waals surface area contributed by atoms with Gasteiger partial charge < -0.3 is 0 Å². The van der Waals surface area contributed by atoms with E-state index in [1.54, 1.807) is 18.3 Å². The Morgan fingerprint density at radius 2 is 2.16 bits per heavy atom. The third kappa shape index (κ3) is 2.29. The molecule has 0 radical (unpaired) electrons. The van der Waals surface area contributed by atoms with Gasteiger partial charge in [0.05, 0.1) is 9.72 Å². The number of thiophene rings is 1. The zero-order valence-corrected chi connectivity index (χ0v) is 11.7. The van der Waals surface area contributed by atoms with Crippen molar-refractivity contribution in [3.8, 4) is 0 Å². The lowest BCUT2D eigenvalue weighted by Gasteiger charge is -2.02. The van der Waals surface area contributed by atoms with E-state index in [1.165, 1.54) is 12.1 Å². The van der Waals surface area contributed by atoms with Crippen LogP contribution in [0.1, 0.15) is 0 Å². The molecule has 3 rings (SSSR count). The fourth-order valence-electron chi connectivity index (χ4n) is 1.55. The van der Waals surface area contributed by atoms with Crippen molar-refractivity contribution in [1.29, 1.82) is 0 Å². The highest BCUT2D eigenvalue weighted by atomic mass is 35.5. The van der Waals surface area contributed by atoms with Crippen LogP contribution in [0.25, 0.3) is 11.0 Å². The number of fused-ring (bicyclic) bond motifs is 1. The molecule has 6 nitrogen and oxygen atoms in total. The molecule has 0 aromatic carbocycles. The van der Waals surface area contributed by atoms with Crippen LogP contribution in [0.3, 0.4) is 0 Å². The summed E-state index contributed by atoms with van der Waals surface area (Å²) in [5, 5.41) is 7.17. The minimum Gasteiger partial charge on any atom is -0.261 e. The second-order valence-electron chi connectivity index (χ2n) is 3.64. The first-order valence-electron chi connectivity index (χ1n) is 5.13. The van der Waals surface area contributed by atoms with Gasteiger partial charge in [0.15, 0.2) is 11.5 Å². The molecule has 0 bridgehead atoms. The van der Waals surface area contributed by atoms with Gasteiger partial charge in [-0.3, -0.25) is 9.82 Å². The number of aromatic amines is 1. The van der Waals surface area contributed by atoms with Crippen LogP contribution in [0.4, 0.5) is 5.82 Å². The highest BCUT2D eigenvalue weighted by Gasteiger charge is 2.19. The molecule has 0 amide bonds. The van der Waals surface area contributed by atoms with Crippen molar-refractivity contribution in [3.63, 3.8) is 0 Å². The van der Waals surface area contributed by atoms with Crippen molar-refractivity contribution in [3.05, 3.63) is 34.8 Å². The average molecular weight is 315 g/mol. The van der Waals surface area contributed by atoms with Gasteiger partial charge in [0.2, 0.25) is 0 Å². The number of aromatic nitrogens is 3. The zero-order valence-electron chi connectivity index (χ0n) is 9.29. The smallest absolute Gasteiger partial charge is 0.261 e. The van der Waals surface area contributed by atoms with Crippen LogP contribution < -0.4 is 4.72 Å². The van der Waals surface area contributed by atoms with Gasteiger partial charge in [0.25, 0.3) is 10.0 Å². The molecule has 0 spiro atoms. The van der Waals surface area contributed by atoms with E-state index in [0.29, 0.717) is 15.4 Å². The van der Waals surface area contributed by atoms with E-state index in [1.807, 2.05) is 0 Å². The van der Waals surface area contributed by atoms with Crippen LogP contribution in [0, 0.1) is 0 Å². The Bertz CT molecular complexity index is 840. The van der Waals surface area contributed by atoms with Crippen molar-refractivity contribution in [2.45, 2.75) is 4.21 Å². The third-order valence-corrected chi connectivity index (χ3v) is 5.44. The van der Waals surface area contributed by atoms with E-state index in [2.05, 4.69) is 19.9 Å². The number of rotatable bonds is 3. The van der Waals surface area contributed by atoms with Crippen molar-refractivity contribution >= 4 is 49.8 Å². The van der Waals surface area contributed by atoms with Crippen molar-refractivity contribution in [1.82, 2.24) is 15.2 Å². The normalized spacial score (nSPS) is 11.8. The number of halogens is 1. The second kappa shape index (κ2) is 4.48. The lowest BCUT2D eigenvalue weighted by molar-refractivity contribution is 0.603. The van der Waals surface area contributed by atoms with Crippen molar-refractivity contribution in [2.75, 3.05) is 4.72 Å². The number of anilines is 1. The molecular formula is C10H7ClN4O2S2. The lowest BCUT2D eigenvalue weighted by Crippen LogP contribution is -2.11. The van der Waals surface area contributed by atoms with Gasteiger partial charge in [-0.15, -0.1) is 11.3 Å². The van der Waals surface area contributed by atoms with Gasteiger partial charge in [-0.1, -0.05) is 11.6 Å². The Kier molecular flexibility index (Phi) is 2.92. The number of pyridine rings is 1. The van der Waals surface area contributed by atoms with E-state index in [9.17, 15) is 8.42 Å². The van der Waals surface area contributed by atoms with Gasteiger partial charge in [-0.25, -0.2) is 13.4 Å². The highest BCUT2D eigenvalue weighted by molar-refractivity contribution is 7.94. The zero-order chi connectivity index (χ0) is 13.5. The minimum atomic E-state index is -3.68. The SMILES string of the molecule is O=S(=O)(Nc1n[nH]c2ncccc12)c1ccc(Cl)s1. The number of hydrogen-bond acceptors (Lipinski definition) is 5. The number of hydrogen-bond donors (Lipinski definition) is 2. The van der Waals surface area contributed by atoms with E-state index in [-0.39, 0.29) is 10.0 Å². The summed E-state index contributed by atoms with van der Waals surface area (Å²) >= 11 is 6.72. The number of nitrogens with one attached hydrogen (secondary N) is 2. The van der Waals surface area contributed by atoms with Gasteiger partial charge in [0, 0.05) is 6.20 Å². The van der Waals surface area contributed by atoms with Crippen LogP contribution in [0.2, 0.25) is 4.34 Å². The molecule has 9 heteroatoms. The maximum Gasteiger partial charge on any atom is 0.272 e. The minimum absolute atomic E-state index is 0.137. The topological polar surface area (TPSA) is 87.7 Å². The molecule has 0 saturated heterocycles. The van der Waals surface area contributed by atoms with Crippen LogP contribution in [0.5, 0.6) is 0 Å². The molecule has 0 aliphatic heterocycles. The first kappa shape index (κ1) is 12.4. The summed E-state index contributed by atoms with van der Waals surface area (Å²) in [5.41, 5.74) is 0.518. The molecule has 0 unspecified atom stereocenters. The summed E-state index contributed by atoms with van der Waals surface area (Å²) < 4.78 is 27.2. The molecule has 98 valence electrons. The fraction of sp³-hybridized carbons (Fsp3) is 0. The predicted octanol–water partition coefficient (Wildman–Crippen LogP) is 2.47. The van der Waals surface area contributed by atoms with Crippen LogP contribution >= 0.6 is 22.9 Å².